The maximum absolute atomic E-state index is 13.3. The molecule has 2 aliphatic rings. The number of nitrogens with zero attached hydrogens (tertiary/aromatic N) is 4. The Kier molecular flexibility index (Phi) is 8.12. The molecule has 2 amide bonds. The van der Waals surface area contributed by atoms with E-state index in [0.29, 0.717) is 28.7 Å². The largest absolute Gasteiger partial charge is 0.325 e. The van der Waals surface area contributed by atoms with Crippen LogP contribution in [0.15, 0.2) is 77.8 Å². The summed E-state index contributed by atoms with van der Waals surface area (Å²) in [5.74, 6) is -0.600. The van der Waals surface area contributed by atoms with E-state index in [2.05, 4.69) is 22.2 Å². The minimum Gasteiger partial charge on any atom is -0.325 e. The van der Waals surface area contributed by atoms with Crippen molar-refractivity contribution in [2.24, 2.45) is 4.99 Å². The average Bonchev–Trinajstić information content (AvgIpc) is 3.24. The topological polar surface area (TPSA) is 68.2 Å². The Morgan fingerprint density at radius 3 is 2.38 bits per heavy atom. The van der Waals surface area contributed by atoms with Crippen LogP contribution in [0.5, 0.6) is 0 Å². The van der Waals surface area contributed by atoms with Crippen LogP contribution in [0, 0.1) is 0 Å². The molecule has 1 saturated heterocycles. The van der Waals surface area contributed by atoms with Gasteiger partial charge in [0.2, 0.25) is 11.8 Å². The van der Waals surface area contributed by atoms with Crippen molar-refractivity contribution in [1.29, 1.82) is 0 Å². The van der Waals surface area contributed by atoms with E-state index in [9.17, 15) is 9.59 Å². The molecular formula is C31H34ClN5O2. The standard InChI is InChI=1S/C31H34ClN5O2/c1-21(2)37(28(38)20-36-17-15-35(3)16-18-36)25-12-10-24(11-13-25)33-30(22-7-5-4-6-8-22)29-26-14-9-23(32)19-27(26)34-31(29)39/h4-14,19,21,29H,15-18,20H2,1-3H3,(H,34,39). The molecule has 1 N–H and O–H groups in total. The summed E-state index contributed by atoms with van der Waals surface area (Å²) >= 11 is 6.18. The minimum absolute atomic E-state index is 0.0182. The van der Waals surface area contributed by atoms with Crippen molar-refractivity contribution in [3.05, 3.63) is 88.9 Å². The third kappa shape index (κ3) is 6.06. The van der Waals surface area contributed by atoms with Crippen LogP contribution in [0.1, 0.15) is 30.9 Å². The number of benzene rings is 3. The molecule has 3 aromatic carbocycles. The van der Waals surface area contributed by atoms with Crippen molar-refractivity contribution in [3.63, 3.8) is 0 Å². The first-order valence-corrected chi connectivity index (χ1v) is 13.8. The second-order valence-corrected chi connectivity index (χ2v) is 10.9. The van der Waals surface area contributed by atoms with Crippen molar-refractivity contribution < 1.29 is 9.59 Å². The van der Waals surface area contributed by atoms with Crippen molar-refractivity contribution in [2.75, 3.05) is 50.0 Å². The number of hydrogen-bond donors (Lipinski definition) is 1. The number of piperazine rings is 1. The van der Waals surface area contributed by atoms with Gasteiger partial charge in [-0.3, -0.25) is 19.5 Å². The Bertz CT molecular complexity index is 1370. The molecule has 0 aliphatic carbocycles. The van der Waals surface area contributed by atoms with Gasteiger partial charge >= 0.3 is 0 Å². The molecule has 8 heteroatoms. The molecule has 1 unspecified atom stereocenters. The Hall–Kier alpha value is -3.52. The number of rotatable bonds is 7. The summed E-state index contributed by atoms with van der Waals surface area (Å²) in [5.41, 5.74) is 4.64. The van der Waals surface area contributed by atoms with Gasteiger partial charge in [-0.1, -0.05) is 48.0 Å². The van der Waals surface area contributed by atoms with Crippen LogP contribution in [0.2, 0.25) is 5.02 Å². The smallest absolute Gasteiger partial charge is 0.241 e. The fraction of sp³-hybridized carbons (Fsp3) is 0.323. The number of hydrogen-bond acceptors (Lipinski definition) is 5. The molecule has 1 atom stereocenters. The van der Waals surface area contributed by atoms with E-state index in [4.69, 9.17) is 16.6 Å². The van der Waals surface area contributed by atoms with Crippen LogP contribution >= 0.6 is 11.6 Å². The van der Waals surface area contributed by atoms with Crippen molar-refractivity contribution in [1.82, 2.24) is 9.80 Å². The maximum Gasteiger partial charge on any atom is 0.241 e. The number of nitrogens with one attached hydrogen (secondary N) is 1. The first-order chi connectivity index (χ1) is 18.8. The van der Waals surface area contributed by atoms with Gasteiger partial charge in [0.1, 0.15) is 5.92 Å². The average molecular weight is 544 g/mol. The number of amides is 2. The molecule has 7 nitrogen and oxygen atoms in total. The highest BCUT2D eigenvalue weighted by molar-refractivity contribution is 6.31. The molecule has 202 valence electrons. The first-order valence-electron chi connectivity index (χ1n) is 13.4. The molecule has 3 aromatic rings. The lowest BCUT2D eigenvalue weighted by Crippen LogP contribution is -2.50. The summed E-state index contributed by atoms with van der Waals surface area (Å²) in [4.78, 5) is 37.8. The zero-order chi connectivity index (χ0) is 27.5. The van der Waals surface area contributed by atoms with Crippen molar-refractivity contribution in [2.45, 2.75) is 25.8 Å². The van der Waals surface area contributed by atoms with Gasteiger partial charge in [-0.15, -0.1) is 0 Å². The van der Waals surface area contributed by atoms with Gasteiger partial charge in [0.25, 0.3) is 0 Å². The quantitative estimate of drug-likeness (QED) is 0.417. The van der Waals surface area contributed by atoms with Crippen LogP contribution in [0.3, 0.4) is 0 Å². The highest BCUT2D eigenvalue weighted by Gasteiger charge is 2.35. The number of halogens is 1. The Morgan fingerprint density at radius 2 is 1.72 bits per heavy atom. The van der Waals surface area contributed by atoms with E-state index in [1.54, 1.807) is 12.1 Å². The number of likely N-dealkylation sites (N-methyl/N-ethyl adjacent to an activating group) is 1. The fourth-order valence-electron chi connectivity index (χ4n) is 5.24. The SMILES string of the molecule is CC(C)N(C(=O)CN1CCN(C)CC1)c1ccc(N=C(c2ccccc2)C2C(=O)Nc3cc(Cl)ccc32)cc1. The molecule has 0 radical (unpaired) electrons. The predicted molar refractivity (Wildman–Crippen MR) is 158 cm³/mol. The Morgan fingerprint density at radius 1 is 1.03 bits per heavy atom. The monoisotopic (exact) mass is 543 g/mol. The van der Waals surface area contributed by atoms with Crippen LogP contribution in [0.25, 0.3) is 0 Å². The van der Waals surface area contributed by atoms with Crippen molar-refractivity contribution >= 4 is 46.2 Å². The molecule has 1 fully saturated rings. The normalized spacial score (nSPS) is 18.2. The Labute approximate surface area is 235 Å². The molecule has 39 heavy (non-hydrogen) atoms. The minimum atomic E-state index is -0.559. The second kappa shape index (κ2) is 11.7. The third-order valence-corrected chi connectivity index (χ3v) is 7.54. The number of fused-ring (bicyclic) bond motifs is 1. The lowest BCUT2D eigenvalue weighted by Gasteiger charge is -2.34. The molecule has 0 aromatic heterocycles. The van der Waals surface area contributed by atoms with Crippen molar-refractivity contribution in [3.8, 4) is 0 Å². The molecule has 0 saturated carbocycles. The van der Waals surface area contributed by atoms with Gasteiger partial charge in [0.15, 0.2) is 0 Å². The van der Waals surface area contributed by atoms with Gasteiger partial charge in [-0.05, 0) is 68.4 Å². The summed E-state index contributed by atoms with van der Waals surface area (Å²) in [6.07, 6.45) is 0. The van der Waals surface area contributed by atoms with Crippen LogP contribution in [-0.4, -0.2) is 73.1 Å². The van der Waals surface area contributed by atoms with E-state index in [-0.39, 0.29) is 17.9 Å². The summed E-state index contributed by atoms with van der Waals surface area (Å²) < 4.78 is 0. The molecule has 2 heterocycles. The molecule has 0 bridgehead atoms. The van der Waals surface area contributed by atoms with E-state index in [1.807, 2.05) is 79.4 Å². The van der Waals surface area contributed by atoms with Gasteiger partial charge in [0.05, 0.1) is 17.9 Å². The van der Waals surface area contributed by atoms with Gasteiger partial charge < -0.3 is 15.1 Å². The summed E-state index contributed by atoms with van der Waals surface area (Å²) in [7, 11) is 2.11. The number of carbonyl (C=O) groups excluding carboxylic acids is 2. The number of carbonyl (C=O) groups is 2. The Balaban J connectivity index is 1.43. The van der Waals surface area contributed by atoms with E-state index >= 15 is 0 Å². The first kappa shape index (κ1) is 27.1. The molecular weight excluding hydrogens is 510 g/mol. The third-order valence-electron chi connectivity index (χ3n) is 7.31. The maximum atomic E-state index is 13.3. The van der Waals surface area contributed by atoms with E-state index in [0.717, 1.165) is 43.0 Å². The lowest BCUT2D eigenvalue weighted by molar-refractivity contribution is -0.120. The second-order valence-electron chi connectivity index (χ2n) is 10.5. The predicted octanol–water partition coefficient (Wildman–Crippen LogP) is 5.19. The van der Waals surface area contributed by atoms with Crippen LogP contribution in [-0.2, 0) is 9.59 Å². The van der Waals surface area contributed by atoms with Gasteiger partial charge in [-0.2, -0.15) is 0 Å². The van der Waals surface area contributed by atoms with Gasteiger partial charge in [0, 0.05) is 48.6 Å². The fourth-order valence-corrected chi connectivity index (χ4v) is 5.41. The van der Waals surface area contributed by atoms with Crippen LogP contribution in [0.4, 0.5) is 17.1 Å². The van der Waals surface area contributed by atoms with Gasteiger partial charge in [-0.25, -0.2) is 0 Å². The van der Waals surface area contributed by atoms with E-state index in [1.165, 1.54) is 0 Å². The lowest BCUT2D eigenvalue weighted by atomic mass is 9.90. The molecule has 2 aliphatic heterocycles. The zero-order valence-electron chi connectivity index (χ0n) is 22.6. The summed E-state index contributed by atoms with van der Waals surface area (Å²) in [6.45, 7) is 8.21. The highest BCUT2D eigenvalue weighted by Crippen LogP contribution is 2.38. The van der Waals surface area contributed by atoms with Crippen LogP contribution < -0.4 is 10.2 Å². The van der Waals surface area contributed by atoms with E-state index < -0.39 is 5.92 Å². The number of aliphatic imine (C=N–C) groups is 1. The summed E-state index contributed by atoms with van der Waals surface area (Å²) in [6, 6.07) is 22.9. The highest BCUT2D eigenvalue weighted by atomic mass is 35.5. The zero-order valence-corrected chi connectivity index (χ0v) is 23.4. The number of anilines is 2. The molecule has 0 spiro atoms. The summed E-state index contributed by atoms with van der Waals surface area (Å²) in [5, 5.41) is 3.52. The molecule has 5 rings (SSSR count).